The van der Waals surface area contributed by atoms with Gasteiger partial charge in [0.25, 0.3) is 0 Å². The Bertz CT molecular complexity index is 565. The summed E-state index contributed by atoms with van der Waals surface area (Å²) in [5, 5.41) is 0.827. The molecule has 1 aromatic rings. The van der Waals surface area contributed by atoms with Crippen molar-refractivity contribution < 1.29 is 17.2 Å². The highest BCUT2D eigenvalue weighted by atomic mass is 79.9. The first-order valence-corrected chi connectivity index (χ1v) is 9.05. The van der Waals surface area contributed by atoms with Gasteiger partial charge in [0.2, 0.25) is 9.84 Å². The predicted molar refractivity (Wildman–Crippen MR) is 78.4 cm³/mol. The number of halogens is 3. The zero-order valence-corrected chi connectivity index (χ0v) is 13.2. The van der Waals surface area contributed by atoms with Gasteiger partial charge >= 0.3 is 5.76 Å². The lowest BCUT2D eigenvalue weighted by Gasteiger charge is -2.34. The molecule has 1 fully saturated rings. The van der Waals surface area contributed by atoms with Crippen LogP contribution in [0.25, 0.3) is 0 Å². The molecule has 0 amide bonds. The van der Waals surface area contributed by atoms with E-state index in [1.165, 1.54) is 12.1 Å². The summed E-state index contributed by atoms with van der Waals surface area (Å²) in [7, 11) is -4.57. The lowest BCUT2D eigenvalue weighted by atomic mass is 10.00. The van der Waals surface area contributed by atoms with Gasteiger partial charge in [-0.1, -0.05) is 28.1 Å². The number of hydrogen-bond acceptors (Lipinski definition) is 3. The third-order valence-electron chi connectivity index (χ3n) is 3.48. The second kappa shape index (κ2) is 6.39. The Hall–Kier alpha value is -0.690. The second-order valence-electron chi connectivity index (χ2n) is 4.88. The van der Waals surface area contributed by atoms with Crippen LogP contribution in [0.3, 0.4) is 0 Å². The standard InChI is InChI=1S/C13H16BrF2NO2S/c14-8-10-4-3-7-17(9-10)11-5-1-2-6-12(11)20(18,19)13(15)16/h1-2,5-6,10,13H,3-4,7-9H2. The smallest absolute Gasteiger partial charge is 0.341 e. The van der Waals surface area contributed by atoms with Crippen molar-refractivity contribution in [3.05, 3.63) is 24.3 Å². The van der Waals surface area contributed by atoms with Crippen molar-refractivity contribution in [1.29, 1.82) is 0 Å². The summed E-state index contributed by atoms with van der Waals surface area (Å²) in [5.41, 5.74) is 0.387. The average Bonchev–Trinajstić information content (AvgIpc) is 2.47. The van der Waals surface area contributed by atoms with Crippen molar-refractivity contribution >= 4 is 31.5 Å². The summed E-state index contributed by atoms with van der Waals surface area (Å²) in [5.74, 6) is -2.98. The van der Waals surface area contributed by atoms with Crippen LogP contribution in [0.15, 0.2) is 29.2 Å². The number of alkyl halides is 3. The van der Waals surface area contributed by atoms with Crippen molar-refractivity contribution in [2.45, 2.75) is 23.5 Å². The number of benzene rings is 1. The molecule has 0 radical (unpaired) electrons. The molecule has 0 bridgehead atoms. The Morgan fingerprint density at radius 2 is 2.05 bits per heavy atom. The van der Waals surface area contributed by atoms with E-state index in [9.17, 15) is 17.2 Å². The van der Waals surface area contributed by atoms with Crippen LogP contribution in [0.1, 0.15) is 12.8 Å². The van der Waals surface area contributed by atoms with E-state index in [1.807, 2.05) is 4.90 Å². The Kier molecular flexibility index (Phi) is 5.01. The van der Waals surface area contributed by atoms with Crippen LogP contribution >= 0.6 is 15.9 Å². The van der Waals surface area contributed by atoms with E-state index in [0.29, 0.717) is 24.7 Å². The highest BCUT2D eigenvalue weighted by Crippen LogP contribution is 2.32. The molecule has 1 saturated heterocycles. The molecule has 1 atom stereocenters. The molecule has 1 heterocycles. The Labute approximate surface area is 126 Å². The highest BCUT2D eigenvalue weighted by molar-refractivity contribution is 9.09. The molecular weight excluding hydrogens is 352 g/mol. The first kappa shape index (κ1) is 15.7. The van der Waals surface area contributed by atoms with Gasteiger partial charge in [-0.2, -0.15) is 8.78 Å². The topological polar surface area (TPSA) is 37.4 Å². The number of rotatable bonds is 4. The van der Waals surface area contributed by atoms with Gasteiger partial charge in [0.1, 0.15) is 0 Å². The number of anilines is 1. The molecule has 1 unspecified atom stereocenters. The fourth-order valence-corrected chi connectivity index (χ4v) is 3.94. The van der Waals surface area contributed by atoms with E-state index in [4.69, 9.17) is 0 Å². The summed E-state index contributed by atoms with van der Waals surface area (Å²) >= 11 is 3.43. The summed E-state index contributed by atoms with van der Waals surface area (Å²) in [6.07, 6.45) is 1.99. The van der Waals surface area contributed by atoms with Crippen LogP contribution in [0.2, 0.25) is 0 Å². The molecular formula is C13H16BrF2NO2S. The van der Waals surface area contributed by atoms with Gasteiger partial charge in [0.15, 0.2) is 0 Å². The van der Waals surface area contributed by atoms with Crippen LogP contribution in [0, 0.1) is 5.92 Å². The zero-order valence-electron chi connectivity index (χ0n) is 10.8. The van der Waals surface area contributed by atoms with Crippen molar-refractivity contribution in [1.82, 2.24) is 0 Å². The molecule has 1 aliphatic rings. The highest BCUT2D eigenvalue weighted by Gasteiger charge is 2.31. The molecule has 1 aliphatic heterocycles. The number of piperidine rings is 1. The minimum absolute atomic E-state index is 0.273. The van der Waals surface area contributed by atoms with E-state index in [-0.39, 0.29) is 4.90 Å². The van der Waals surface area contributed by atoms with Gasteiger partial charge in [0, 0.05) is 18.4 Å². The summed E-state index contributed by atoms with van der Waals surface area (Å²) in [6, 6.07) is 6.02. The fraction of sp³-hybridized carbons (Fsp3) is 0.538. The number of hydrogen-bond donors (Lipinski definition) is 0. The molecule has 2 rings (SSSR count). The van der Waals surface area contributed by atoms with Crippen molar-refractivity contribution in [2.75, 3.05) is 23.3 Å². The molecule has 3 nitrogen and oxygen atoms in total. The van der Waals surface area contributed by atoms with Gasteiger partial charge in [-0.05, 0) is 30.9 Å². The number of nitrogens with zero attached hydrogens (tertiary/aromatic N) is 1. The lowest BCUT2D eigenvalue weighted by Crippen LogP contribution is -2.37. The quantitative estimate of drug-likeness (QED) is 0.766. The van der Waals surface area contributed by atoms with Gasteiger partial charge in [-0.15, -0.1) is 0 Å². The van der Waals surface area contributed by atoms with Gasteiger partial charge in [0.05, 0.1) is 10.6 Å². The van der Waals surface area contributed by atoms with Gasteiger partial charge in [-0.3, -0.25) is 0 Å². The molecule has 0 spiro atoms. The normalized spacial score (nSPS) is 20.4. The maximum atomic E-state index is 12.8. The van der Waals surface area contributed by atoms with E-state index in [1.54, 1.807) is 12.1 Å². The van der Waals surface area contributed by atoms with Gasteiger partial charge < -0.3 is 4.90 Å². The first-order chi connectivity index (χ1) is 9.46. The van der Waals surface area contributed by atoms with E-state index >= 15 is 0 Å². The summed E-state index contributed by atoms with van der Waals surface area (Å²) < 4.78 is 49.1. The molecule has 1 aromatic carbocycles. The summed E-state index contributed by atoms with van der Waals surface area (Å²) in [4.78, 5) is 1.62. The molecule has 0 saturated carbocycles. The first-order valence-electron chi connectivity index (χ1n) is 6.39. The van der Waals surface area contributed by atoms with Crippen LogP contribution in [-0.4, -0.2) is 32.6 Å². The van der Waals surface area contributed by atoms with E-state index in [2.05, 4.69) is 15.9 Å². The fourth-order valence-electron chi connectivity index (χ4n) is 2.46. The zero-order chi connectivity index (χ0) is 14.8. The van der Waals surface area contributed by atoms with Crippen LogP contribution in [0.5, 0.6) is 0 Å². The Balaban J connectivity index is 2.38. The van der Waals surface area contributed by atoms with E-state index in [0.717, 1.165) is 18.2 Å². The third kappa shape index (κ3) is 3.14. The van der Waals surface area contributed by atoms with Gasteiger partial charge in [-0.25, -0.2) is 8.42 Å². The Morgan fingerprint density at radius 3 is 2.70 bits per heavy atom. The average molecular weight is 368 g/mol. The molecule has 0 aromatic heterocycles. The minimum atomic E-state index is -4.57. The molecule has 112 valence electrons. The summed E-state index contributed by atoms with van der Waals surface area (Å²) in [6.45, 7) is 1.38. The Morgan fingerprint density at radius 1 is 1.35 bits per heavy atom. The second-order valence-corrected chi connectivity index (χ2v) is 7.42. The molecule has 7 heteroatoms. The predicted octanol–water partition coefficient (Wildman–Crippen LogP) is 3.29. The van der Waals surface area contributed by atoms with Crippen molar-refractivity contribution in [3.63, 3.8) is 0 Å². The van der Waals surface area contributed by atoms with Crippen molar-refractivity contribution in [2.24, 2.45) is 5.92 Å². The number of sulfone groups is 1. The molecule has 0 N–H and O–H groups in total. The number of para-hydroxylation sites is 1. The van der Waals surface area contributed by atoms with Crippen LogP contribution in [0.4, 0.5) is 14.5 Å². The SMILES string of the molecule is O=S(=O)(c1ccccc1N1CCCC(CBr)C1)C(F)F. The largest absolute Gasteiger partial charge is 0.370 e. The monoisotopic (exact) mass is 367 g/mol. The maximum absolute atomic E-state index is 12.8. The molecule has 0 aliphatic carbocycles. The molecule has 20 heavy (non-hydrogen) atoms. The van der Waals surface area contributed by atoms with Crippen LogP contribution in [-0.2, 0) is 9.84 Å². The van der Waals surface area contributed by atoms with E-state index < -0.39 is 15.6 Å². The van der Waals surface area contributed by atoms with Crippen LogP contribution < -0.4 is 4.90 Å². The minimum Gasteiger partial charge on any atom is -0.370 e. The third-order valence-corrected chi connectivity index (χ3v) is 5.83. The lowest BCUT2D eigenvalue weighted by molar-refractivity contribution is 0.234. The maximum Gasteiger partial charge on any atom is 0.341 e. The van der Waals surface area contributed by atoms with Crippen molar-refractivity contribution in [3.8, 4) is 0 Å².